The van der Waals surface area contributed by atoms with Gasteiger partial charge in [0.1, 0.15) is 6.33 Å². The van der Waals surface area contributed by atoms with Gasteiger partial charge in [-0.05, 0) is 18.2 Å². The van der Waals surface area contributed by atoms with Crippen molar-refractivity contribution in [2.45, 2.75) is 6.42 Å². The zero-order chi connectivity index (χ0) is 11.7. The normalized spacial score (nSPS) is 16.8. The Bertz CT molecular complexity index is 642. The summed E-state index contributed by atoms with van der Waals surface area (Å²) >= 11 is 0. The molecular formula is C13H8N4. The molecule has 80 valence electrons. The van der Waals surface area contributed by atoms with Gasteiger partial charge in [0, 0.05) is 35.5 Å². The van der Waals surface area contributed by atoms with E-state index < -0.39 is 0 Å². The van der Waals surface area contributed by atoms with E-state index >= 15 is 0 Å². The highest BCUT2D eigenvalue weighted by molar-refractivity contribution is 6.26. The van der Waals surface area contributed by atoms with Crippen molar-refractivity contribution in [2.24, 2.45) is 4.99 Å². The molecule has 3 rings (SSSR count). The van der Waals surface area contributed by atoms with Crippen LogP contribution in [-0.2, 0) is 0 Å². The molecule has 2 heterocycles. The largest absolute Gasteiger partial charge is 0.260 e. The summed E-state index contributed by atoms with van der Waals surface area (Å²) in [5.41, 5.74) is 4.41. The lowest BCUT2D eigenvalue weighted by molar-refractivity contribution is 1.13. The Labute approximate surface area is 98.4 Å². The average Bonchev–Trinajstić information content (AvgIpc) is 2.57. The van der Waals surface area contributed by atoms with Gasteiger partial charge in [-0.15, -0.1) is 0 Å². The number of hydrogen-bond acceptors (Lipinski definition) is 4. The van der Waals surface area contributed by atoms with Crippen LogP contribution in [0.15, 0.2) is 41.4 Å². The molecule has 1 aliphatic heterocycles. The number of hydrogen-bond donors (Lipinski definition) is 0. The smallest absolute Gasteiger partial charge is 0.116 e. The summed E-state index contributed by atoms with van der Waals surface area (Å²) in [5.74, 6) is 0. The molecule has 0 aromatic carbocycles. The highest BCUT2D eigenvalue weighted by Gasteiger charge is 2.19. The molecule has 1 aromatic heterocycles. The summed E-state index contributed by atoms with van der Waals surface area (Å²) in [4.78, 5) is 12.7. The van der Waals surface area contributed by atoms with Gasteiger partial charge in [0.15, 0.2) is 0 Å². The van der Waals surface area contributed by atoms with Gasteiger partial charge in [0.25, 0.3) is 0 Å². The van der Waals surface area contributed by atoms with E-state index in [-0.39, 0.29) is 0 Å². The summed E-state index contributed by atoms with van der Waals surface area (Å²) in [7, 11) is 0. The van der Waals surface area contributed by atoms with E-state index in [4.69, 9.17) is 5.26 Å². The highest BCUT2D eigenvalue weighted by atomic mass is 14.8. The summed E-state index contributed by atoms with van der Waals surface area (Å²) < 4.78 is 0. The Hall–Kier alpha value is -2.54. The second kappa shape index (κ2) is 3.80. The first-order chi connectivity index (χ1) is 8.38. The summed E-state index contributed by atoms with van der Waals surface area (Å²) in [6, 6.07) is 2.16. The Kier molecular flexibility index (Phi) is 2.16. The molecule has 0 atom stereocenters. The molecule has 2 aliphatic rings. The van der Waals surface area contributed by atoms with Crippen LogP contribution >= 0.6 is 0 Å². The molecule has 4 heteroatoms. The van der Waals surface area contributed by atoms with Crippen molar-refractivity contribution < 1.29 is 0 Å². The number of fused-ring (bicyclic) bond motifs is 3. The monoisotopic (exact) mass is 220 g/mol. The first-order valence-electron chi connectivity index (χ1n) is 5.23. The Morgan fingerprint density at radius 1 is 1.29 bits per heavy atom. The molecule has 0 unspecified atom stereocenters. The third-order valence-electron chi connectivity index (χ3n) is 2.74. The number of nitriles is 1. The zero-order valence-corrected chi connectivity index (χ0v) is 8.96. The summed E-state index contributed by atoms with van der Waals surface area (Å²) in [5, 5.41) is 8.90. The number of rotatable bonds is 0. The van der Waals surface area contributed by atoms with E-state index in [2.05, 4.69) is 21.0 Å². The second-order valence-corrected chi connectivity index (χ2v) is 3.78. The van der Waals surface area contributed by atoms with E-state index in [1.54, 1.807) is 12.4 Å². The van der Waals surface area contributed by atoms with E-state index in [1.165, 1.54) is 6.33 Å². The predicted molar refractivity (Wildman–Crippen MR) is 64.8 cm³/mol. The number of aromatic nitrogens is 2. The minimum Gasteiger partial charge on any atom is -0.260 e. The molecule has 1 aromatic rings. The molecular weight excluding hydrogens is 212 g/mol. The van der Waals surface area contributed by atoms with Crippen LogP contribution in [0.25, 0.3) is 11.6 Å². The number of allylic oxidation sites excluding steroid dienone is 4. The summed E-state index contributed by atoms with van der Waals surface area (Å²) in [6.07, 6.45) is 11.2. The molecule has 1 aliphatic carbocycles. The maximum Gasteiger partial charge on any atom is 0.116 e. The first-order valence-corrected chi connectivity index (χ1v) is 5.23. The van der Waals surface area contributed by atoms with E-state index in [0.29, 0.717) is 6.42 Å². The molecule has 0 saturated heterocycles. The molecule has 0 amide bonds. The van der Waals surface area contributed by atoms with Crippen molar-refractivity contribution in [3.05, 3.63) is 47.7 Å². The van der Waals surface area contributed by atoms with Crippen LogP contribution in [0.1, 0.15) is 17.7 Å². The van der Waals surface area contributed by atoms with Crippen LogP contribution in [0.5, 0.6) is 0 Å². The number of nitrogens with zero attached hydrogens (tertiary/aromatic N) is 4. The van der Waals surface area contributed by atoms with Crippen molar-refractivity contribution in [3.8, 4) is 6.07 Å². The van der Waals surface area contributed by atoms with Crippen LogP contribution in [0.2, 0.25) is 0 Å². The fourth-order valence-electron chi connectivity index (χ4n) is 1.92. The lowest BCUT2D eigenvalue weighted by atomic mass is 9.93. The fourth-order valence-corrected chi connectivity index (χ4v) is 1.92. The van der Waals surface area contributed by atoms with Crippen LogP contribution in [0.3, 0.4) is 0 Å². The molecule has 0 radical (unpaired) electrons. The minimum absolute atomic E-state index is 0.566. The SMILES string of the molecule is N#CC1=CC=C2C(=NC=Cc3cncnc32)C1. The van der Waals surface area contributed by atoms with Crippen molar-refractivity contribution in [1.82, 2.24) is 9.97 Å². The van der Waals surface area contributed by atoms with Gasteiger partial charge in [-0.2, -0.15) is 5.26 Å². The van der Waals surface area contributed by atoms with Crippen LogP contribution in [0.4, 0.5) is 0 Å². The Morgan fingerprint density at radius 2 is 2.24 bits per heavy atom. The molecule has 0 fully saturated rings. The molecule has 0 N–H and O–H groups in total. The molecule has 0 bridgehead atoms. The fraction of sp³-hybridized carbons (Fsp3) is 0.0769. The summed E-state index contributed by atoms with van der Waals surface area (Å²) in [6.45, 7) is 0. The standard InChI is InChI=1S/C13H8N4/c14-6-9-1-2-11-12(5-9)16-4-3-10-7-15-8-17-13(10)11/h1-4,7-8H,5H2. The minimum atomic E-state index is 0.566. The van der Waals surface area contributed by atoms with Crippen molar-refractivity contribution in [3.63, 3.8) is 0 Å². The van der Waals surface area contributed by atoms with Crippen LogP contribution < -0.4 is 0 Å². The van der Waals surface area contributed by atoms with Crippen LogP contribution in [-0.4, -0.2) is 15.7 Å². The molecule has 0 saturated carbocycles. The van der Waals surface area contributed by atoms with Gasteiger partial charge in [-0.3, -0.25) is 4.99 Å². The van der Waals surface area contributed by atoms with Gasteiger partial charge in [0.05, 0.1) is 17.5 Å². The maximum atomic E-state index is 8.90. The third kappa shape index (κ3) is 1.58. The number of aliphatic imine (C=N–C) groups is 1. The molecule has 4 nitrogen and oxygen atoms in total. The lowest BCUT2D eigenvalue weighted by Gasteiger charge is -2.13. The van der Waals surface area contributed by atoms with E-state index in [0.717, 1.165) is 28.1 Å². The second-order valence-electron chi connectivity index (χ2n) is 3.78. The highest BCUT2D eigenvalue weighted by Crippen LogP contribution is 2.28. The maximum absolute atomic E-state index is 8.90. The van der Waals surface area contributed by atoms with Gasteiger partial charge in [-0.25, -0.2) is 9.97 Å². The van der Waals surface area contributed by atoms with Crippen molar-refractivity contribution in [2.75, 3.05) is 0 Å². The van der Waals surface area contributed by atoms with Gasteiger partial charge in [0.2, 0.25) is 0 Å². The Morgan fingerprint density at radius 3 is 3.12 bits per heavy atom. The van der Waals surface area contributed by atoms with Gasteiger partial charge in [-0.1, -0.05) is 0 Å². The molecule has 17 heavy (non-hydrogen) atoms. The predicted octanol–water partition coefficient (Wildman–Crippen LogP) is 2.14. The average molecular weight is 220 g/mol. The van der Waals surface area contributed by atoms with E-state index in [1.807, 2.05) is 18.2 Å². The lowest BCUT2D eigenvalue weighted by Crippen LogP contribution is -2.08. The van der Waals surface area contributed by atoms with Crippen molar-refractivity contribution in [1.29, 1.82) is 5.26 Å². The topological polar surface area (TPSA) is 61.9 Å². The van der Waals surface area contributed by atoms with Crippen molar-refractivity contribution >= 4 is 17.4 Å². The van der Waals surface area contributed by atoms with Crippen LogP contribution in [0, 0.1) is 11.3 Å². The first kappa shape index (κ1) is 9.67. The zero-order valence-electron chi connectivity index (χ0n) is 8.96. The Balaban J connectivity index is 2.21. The third-order valence-corrected chi connectivity index (χ3v) is 2.74. The van der Waals surface area contributed by atoms with Gasteiger partial charge < -0.3 is 0 Å². The van der Waals surface area contributed by atoms with Gasteiger partial charge >= 0.3 is 0 Å². The van der Waals surface area contributed by atoms with E-state index in [9.17, 15) is 0 Å². The molecule has 0 spiro atoms. The quantitative estimate of drug-likeness (QED) is 0.672.